The van der Waals surface area contributed by atoms with Gasteiger partial charge in [0.05, 0.1) is 42.3 Å². The van der Waals surface area contributed by atoms with E-state index in [4.69, 9.17) is 15.2 Å². The molecule has 0 atom stereocenters. The number of hydrogen-bond donors (Lipinski definition) is 1. The summed E-state index contributed by atoms with van der Waals surface area (Å²) in [6.45, 7) is 8.35. The van der Waals surface area contributed by atoms with E-state index >= 15 is 0 Å². The van der Waals surface area contributed by atoms with Crippen LogP contribution >= 0.6 is 15.9 Å². The maximum Gasteiger partial charge on any atom is 0.220 e. The highest BCUT2D eigenvalue weighted by atomic mass is 79.9. The third kappa shape index (κ3) is 4.14. The Labute approximate surface area is 138 Å². The molecule has 2 N–H and O–H groups in total. The molecule has 1 aromatic rings. The molecule has 3 rings (SSSR count). The van der Waals surface area contributed by atoms with Gasteiger partial charge >= 0.3 is 0 Å². The van der Waals surface area contributed by atoms with Gasteiger partial charge in [-0.2, -0.15) is 0 Å². The van der Waals surface area contributed by atoms with Crippen LogP contribution < -0.4 is 5.73 Å². The van der Waals surface area contributed by atoms with Crippen molar-refractivity contribution < 1.29 is 9.47 Å². The van der Waals surface area contributed by atoms with Crippen LogP contribution in [0.2, 0.25) is 0 Å². The third-order valence-electron chi connectivity index (χ3n) is 3.96. The van der Waals surface area contributed by atoms with Crippen molar-refractivity contribution in [1.29, 1.82) is 0 Å². The van der Waals surface area contributed by atoms with Crippen molar-refractivity contribution in [1.82, 2.24) is 19.8 Å². The number of anilines is 1. The highest BCUT2D eigenvalue weighted by Gasteiger charge is 2.19. The fourth-order valence-corrected chi connectivity index (χ4v) is 3.15. The molecule has 2 fully saturated rings. The van der Waals surface area contributed by atoms with E-state index in [9.17, 15) is 0 Å². The first-order valence-corrected chi connectivity index (χ1v) is 8.42. The summed E-state index contributed by atoms with van der Waals surface area (Å²) >= 11 is 3.67. The SMILES string of the molecule is Nc1nc(CN2CCOCC2)c(Br)c(CN2CCOCC2)n1. The van der Waals surface area contributed by atoms with Gasteiger partial charge in [-0.05, 0) is 15.9 Å². The molecule has 2 aliphatic heterocycles. The normalized spacial score (nSPS) is 21.1. The van der Waals surface area contributed by atoms with Gasteiger partial charge in [0.1, 0.15) is 0 Å². The molecule has 22 heavy (non-hydrogen) atoms. The molecule has 7 nitrogen and oxygen atoms in total. The van der Waals surface area contributed by atoms with E-state index in [1.807, 2.05) is 0 Å². The molecule has 0 aliphatic carbocycles. The van der Waals surface area contributed by atoms with Crippen LogP contribution in [0.4, 0.5) is 5.95 Å². The Morgan fingerprint density at radius 3 is 1.68 bits per heavy atom. The summed E-state index contributed by atoms with van der Waals surface area (Å²) in [6.07, 6.45) is 0. The number of rotatable bonds is 4. The van der Waals surface area contributed by atoms with Crippen LogP contribution in [-0.4, -0.2) is 72.4 Å². The van der Waals surface area contributed by atoms with Gasteiger partial charge in [-0.25, -0.2) is 9.97 Å². The average molecular weight is 372 g/mol. The Morgan fingerprint density at radius 2 is 1.27 bits per heavy atom. The predicted molar refractivity (Wildman–Crippen MR) is 86.3 cm³/mol. The van der Waals surface area contributed by atoms with Crippen LogP contribution in [-0.2, 0) is 22.6 Å². The molecule has 3 heterocycles. The zero-order valence-corrected chi connectivity index (χ0v) is 14.2. The second-order valence-corrected chi connectivity index (χ2v) is 6.36. The highest BCUT2D eigenvalue weighted by Crippen LogP contribution is 2.23. The number of aromatic nitrogens is 2. The second kappa shape index (κ2) is 7.65. The van der Waals surface area contributed by atoms with Crippen molar-refractivity contribution in [2.45, 2.75) is 13.1 Å². The lowest BCUT2D eigenvalue weighted by Crippen LogP contribution is -2.37. The van der Waals surface area contributed by atoms with E-state index in [1.165, 1.54) is 0 Å². The Morgan fingerprint density at radius 1 is 0.864 bits per heavy atom. The van der Waals surface area contributed by atoms with Crippen LogP contribution in [0.25, 0.3) is 0 Å². The van der Waals surface area contributed by atoms with E-state index in [0.29, 0.717) is 5.95 Å². The summed E-state index contributed by atoms with van der Waals surface area (Å²) in [6, 6.07) is 0. The Kier molecular flexibility index (Phi) is 5.59. The molecule has 0 bridgehead atoms. The van der Waals surface area contributed by atoms with Gasteiger partial charge in [0.2, 0.25) is 5.95 Å². The minimum atomic E-state index is 0.342. The first-order chi connectivity index (χ1) is 10.7. The van der Waals surface area contributed by atoms with Gasteiger partial charge in [0.15, 0.2) is 0 Å². The molecular formula is C14H22BrN5O2. The molecule has 0 saturated carbocycles. The van der Waals surface area contributed by atoms with E-state index in [1.54, 1.807) is 0 Å². The molecule has 0 aromatic carbocycles. The van der Waals surface area contributed by atoms with Gasteiger partial charge in [0.25, 0.3) is 0 Å². The standard InChI is InChI=1S/C14H22BrN5O2/c15-13-11(9-19-1-5-21-6-2-19)17-14(16)18-12(13)10-20-3-7-22-8-4-20/h1-10H2,(H2,16,17,18). The average Bonchev–Trinajstić information content (AvgIpc) is 2.54. The van der Waals surface area contributed by atoms with Gasteiger partial charge in [0, 0.05) is 39.3 Å². The van der Waals surface area contributed by atoms with Crippen LogP contribution in [0.5, 0.6) is 0 Å². The van der Waals surface area contributed by atoms with Crippen molar-refractivity contribution in [2.75, 3.05) is 58.3 Å². The lowest BCUT2D eigenvalue weighted by Gasteiger charge is -2.28. The molecule has 122 valence electrons. The number of ether oxygens (including phenoxy) is 2. The van der Waals surface area contributed by atoms with Crippen LogP contribution in [0.15, 0.2) is 4.47 Å². The fraction of sp³-hybridized carbons (Fsp3) is 0.714. The number of hydrogen-bond acceptors (Lipinski definition) is 7. The summed E-state index contributed by atoms with van der Waals surface area (Å²) in [4.78, 5) is 13.5. The number of nitrogens with zero attached hydrogens (tertiary/aromatic N) is 4. The number of nitrogen functional groups attached to an aromatic ring is 1. The van der Waals surface area contributed by atoms with Crippen molar-refractivity contribution >= 4 is 21.9 Å². The Hall–Kier alpha value is -0.800. The highest BCUT2D eigenvalue weighted by molar-refractivity contribution is 9.10. The fourth-order valence-electron chi connectivity index (χ4n) is 2.72. The maximum absolute atomic E-state index is 5.91. The first-order valence-electron chi connectivity index (χ1n) is 7.63. The number of nitrogens with two attached hydrogens (primary N) is 1. The Balaban J connectivity index is 1.72. The summed E-state index contributed by atoms with van der Waals surface area (Å²) < 4.78 is 11.7. The van der Waals surface area contributed by atoms with E-state index < -0.39 is 0 Å². The van der Waals surface area contributed by atoms with E-state index in [-0.39, 0.29) is 0 Å². The molecular weight excluding hydrogens is 350 g/mol. The predicted octanol–water partition coefficient (Wildman–Crippen LogP) is 0.486. The van der Waals surface area contributed by atoms with Gasteiger partial charge in [-0.3, -0.25) is 9.80 Å². The van der Waals surface area contributed by atoms with E-state index in [2.05, 4.69) is 35.7 Å². The van der Waals surface area contributed by atoms with Crippen LogP contribution in [0.3, 0.4) is 0 Å². The molecule has 2 aliphatic rings. The molecule has 1 aromatic heterocycles. The zero-order valence-electron chi connectivity index (χ0n) is 12.6. The van der Waals surface area contributed by atoms with Gasteiger partial charge < -0.3 is 15.2 Å². The van der Waals surface area contributed by atoms with Gasteiger partial charge in [-0.15, -0.1) is 0 Å². The van der Waals surface area contributed by atoms with E-state index in [0.717, 1.165) is 81.6 Å². The number of halogens is 1. The zero-order chi connectivity index (χ0) is 15.4. The van der Waals surface area contributed by atoms with Gasteiger partial charge in [-0.1, -0.05) is 0 Å². The topological polar surface area (TPSA) is 76.7 Å². The Bertz CT molecular complexity index is 463. The minimum Gasteiger partial charge on any atom is -0.379 e. The lowest BCUT2D eigenvalue weighted by molar-refractivity contribution is 0.0325. The lowest BCUT2D eigenvalue weighted by atomic mass is 10.2. The smallest absolute Gasteiger partial charge is 0.220 e. The molecule has 0 spiro atoms. The third-order valence-corrected chi connectivity index (χ3v) is 4.88. The maximum atomic E-state index is 5.91. The molecule has 0 amide bonds. The molecule has 2 saturated heterocycles. The monoisotopic (exact) mass is 371 g/mol. The van der Waals surface area contributed by atoms with Crippen molar-refractivity contribution in [3.63, 3.8) is 0 Å². The van der Waals surface area contributed by atoms with Crippen molar-refractivity contribution in [3.8, 4) is 0 Å². The minimum absolute atomic E-state index is 0.342. The summed E-state index contributed by atoms with van der Waals surface area (Å²) in [5.74, 6) is 0.342. The van der Waals surface area contributed by atoms with Crippen molar-refractivity contribution in [2.24, 2.45) is 0 Å². The molecule has 0 radical (unpaired) electrons. The molecule has 8 heteroatoms. The number of morpholine rings is 2. The summed E-state index contributed by atoms with van der Waals surface area (Å²) in [5.41, 5.74) is 7.82. The van der Waals surface area contributed by atoms with Crippen molar-refractivity contribution in [3.05, 3.63) is 15.9 Å². The van der Waals surface area contributed by atoms with Crippen LogP contribution in [0, 0.1) is 0 Å². The first kappa shape index (κ1) is 16.1. The second-order valence-electron chi connectivity index (χ2n) is 5.57. The largest absolute Gasteiger partial charge is 0.379 e. The van der Waals surface area contributed by atoms with Crippen LogP contribution in [0.1, 0.15) is 11.4 Å². The summed E-state index contributed by atoms with van der Waals surface area (Å²) in [7, 11) is 0. The molecule has 0 unspecified atom stereocenters. The summed E-state index contributed by atoms with van der Waals surface area (Å²) in [5, 5.41) is 0. The quantitative estimate of drug-likeness (QED) is 0.824.